The van der Waals surface area contributed by atoms with Crippen LogP contribution in [0.2, 0.25) is 0 Å². The molecule has 1 saturated carbocycles. The van der Waals surface area contributed by atoms with E-state index in [1.807, 2.05) is 0 Å². The Kier molecular flexibility index (Phi) is 8.30. The van der Waals surface area contributed by atoms with Crippen molar-refractivity contribution in [2.45, 2.75) is 53.5 Å². The number of nitrogens with one attached hydrogen (secondary N) is 1. The number of carbonyl (C=O) groups is 1. The van der Waals surface area contributed by atoms with E-state index in [0.717, 1.165) is 18.2 Å². The maximum atomic E-state index is 14.7. The fourth-order valence-corrected chi connectivity index (χ4v) is 5.90. The van der Waals surface area contributed by atoms with Crippen molar-refractivity contribution < 1.29 is 56.5 Å². The number of hydrogen-bond donors (Lipinski definition) is 5. The Morgan fingerprint density at radius 2 is 1.83 bits per heavy atom. The molecule has 47 heavy (non-hydrogen) atoms. The van der Waals surface area contributed by atoms with E-state index in [0.29, 0.717) is 16.6 Å². The van der Waals surface area contributed by atoms with Crippen molar-refractivity contribution in [1.29, 1.82) is 0 Å². The van der Waals surface area contributed by atoms with E-state index in [2.05, 4.69) is 20.3 Å². The molecule has 0 saturated heterocycles. The molecule has 3 atom stereocenters. The van der Waals surface area contributed by atoms with Gasteiger partial charge in [0.15, 0.2) is 7.85 Å². The number of halogens is 4. The molecule has 0 spiro atoms. The number of carbonyl (C=O) groups excluding carboxylic acids is 1. The molecule has 4 aromatic rings. The Morgan fingerprint density at radius 1 is 1.13 bits per heavy atom. The molecule has 2 radical (unpaired) electrons. The van der Waals surface area contributed by atoms with Crippen molar-refractivity contribution in [1.82, 2.24) is 20.3 Å². The van der Waals surface area contributed by atoms with Crippen LogP contribution in [0.15, 0.2) is 53.6 Å². The molecule has 18 heteroatoms. The zero-order valence-corrected chi connectivity index (χ0v) is 24.7. The van der Waals surface area contributed by atoms with Gasteiger partial charge in [-0.15, -0.1) is 0 Å². The minimum absolute atomic E-state index is 0.0839. The minimum atomic E-state index is -3.77. The van der Waals surface area contributed by atoms with Crippen LogP contribution in [0.1, 0.15) is 39.6 Å². The van der Waals surface area contributed by atoms with Gasteiger partial charge in [-0.3, -0.25) is 14.0 Å². The fourth-order valence-electron chi connectivity index (χ4n) is 4.76. The SMILES string of the molecule is [B]C(O)(O)C(O)(O)Oc1ccc(-c2ccc3cnc(CNC(=O)c4cc(F)c5c(c4)S(=O)C(F)COC5)cc3n2)nc1C1CC1(F)F. The van der Waals surface area contributed by atoms with Crippen molar-refractivity contribution in [3.63, 3.8) is 0 Å². The third kappa shape index (κ3) is 6.56. The minimum Gasteiger partial charge on any atom is -0.434 e. The number of fused-ring (bicyclic) bond motifs is 2. The number of ether oxygens (including phenoxy) is 2. The van der Waals surface area contributed by atoms with Crippen LogP contribution in [-0.2, 0) is 28.7 Å². The Bertz CT molecular complexity index is 1930. The molecular weight excluding hydrogens is 651 g/mol. The van der Waals surface area contributed by atoms with Crippen LogP contribution < -0.4 is 10.1 Å². The van der Waals surface area contributed by atoms with Crippen molar-refractivity contribution in [3.05, 3.63) is 77.0 Å². The number of alkyl halides is 3. The van der Waals surface area contributed by atoms with Gasteiger partial charge >= 0.3 is 5.97 Å². The second-order valence-electron chi connectivity index (χ2n) is 10.9. The van der Waals surface area contributed by atoms with Crippen LogP contribution >= 0.6 is 0 Å². The highest BCUT2D eigenvalue weighted by Gasteiger charge is 2.60. The van der Waals surface area contributed by atoms with Gasteiger partial charge in [-0.25, -0.2) is 27.5 Å². The third-order valence-electron chi connectivity index (χ3n) is 7.46. The van der Waals surface area contributed by atoms with Crippen LogP contribution in [0.4, 0.5) is 17.6 Å². The average Bonchev–Trinajstić information content (AvgIpc) is 3.68. The number of nitrogens with zero attached hydrogens (tertiary/aromatic N) is 3. The zero-order chi connectivity index (χ0) is 33.9. The molecule has 244 valence electrons. The van der Waals surface area contributed by atoms with Gasteiger partial charge in [0, 0.05) is 29.1 Å². The van der Waals surface area contributed by atoms with Gasteiger partial charge < -0.3 is 35.2 Å². The largest absolute Gasteiger partial charge is 0.434 e. The lowest BCUT2D eigenvalue weighted by Crippen LogP contribution is -2.59. The second kappa shape index (κ2) is 11.9. The topological polar surface area (TPSA) is 184 Å². The van der Waals surface area contributed by atoms with Gasteiger partial charge in [0.05, 0.1) is 69.7 Å². The van der Waals surface area contributed by atoms with Gasteiger partial charge in [0.2, 0.25) is 11.2 Å². The molecule has 3 unspecified atom stereocenters. The highest BCUT2D eigenvalue weighted by molar-refractivity contribution is 7.85. The molecule has 5 N–H and O–H groups in total. The van der Waals surface area contributed by atoms with E-state index in [9.17, 15) is 47.0 Å². The van der Waals surface area contributed by atoms with Crippen LogP contribution in [0, 0.1) is 5.82 Å². The van der Waals surface area contributed by atoms with Crippen LogP contribution in [0.25, 0.3) is 22.3 Å². The van der Waals surface area contributed by atoms with Gasteiger partial charge in [-0.2, -0.15) is 0 Å². The van der Waals surface area contributed by atoms with E-state index in [4.69, 9.17) is 17.3 Å². The van der Waals surface area contributed by atoms with E-state index < -0.39 is 76.0 Å². The summed E-state index contributed by atoms with van der Waals surface area (Å²) in [6, 6.07) is 9.11. The summed E-state index contributed by atoms with van der Waals surface area (Å²) in [6.07, 6.45) is 0.841. The normalized spacial score (nSPS) is 20.7. The summed E-state index contributed by atoms with van der Waals surface area (Å²) in [6.45, 7) is -0.913. The summed E-state index contributed by atoms with van der Waals surface area (Å²) in [4.78, 5) is 25.7. The lowest BCUT2D eigenvalue weighted by molar-refractivity contribution is -0.401. The number of benzene rings is 1. The van der Waals surface area contributed by atoms with Crippen molar-refractivity contribution in [2.24, 2.45) is 0 Å². The Hall–Kier alpha value is -4.07. The quantitative estimate of drug-likeness (QED) is 0.104. The Balaban J connectivity index is 1.24. The van der Waals surface area contributed by atoms with E-state index >= 15 is 0 Å². The highest BCUT2D eigenvalue weighted by Crippen LogP contribution is 2.57. The lowest BCUT2D eigenvalue weighted by atomic mass is 9.92. The number of amides is 1. The van der Waals surface area contributed by atoms with Gasteiger partial charge in [0.1, 0.15) is 11.6 Å². The van der Waals surface area contributed by atoms with E-state index in [-0.39, 0.29) is 40.6 Å². The summed E-state index contributed by atoms with van der Waals surface area (Å²) in [5.74, 6) is -10.6. The fraction of sp³-hybridized carbons (Fsp3) is 0.310. The first kappa shape index (κ1) is 32.9. The number of pyridine rings is 3. The lowest BCUT2D eigenvalue weighted by Gasteiger charge is -2.32. The molecule has 2 aliphatic rings. The first-order valence-corrected chi connectivity index (χ1v) is 15.0. The summed E-state index contributed by atoms with van der Waals surface area (Å²) in [5, 5.41) is 41.5. The number of hydrogen-bond acceptors (Lipinski definition) is 11. The molecular formula is C29H23BF4N4O8S. The van der Waals surface area contributed by atoms with Gasteiger partial charge in [-0.05, 0) is 42.5 Å². The standard InChI is InChI=1S/C29H23BF4N4O8S/c30-28(40,41)29(42,43)46-22-4-3-20(38-25(22)17-8-27(17,33)34)19-2-1-13-9-35-15(7-21(13)37-19)10-36-26(39)14-5-18(31)16-11-45-12-24(32)47(44)23(16)6-14/h1-7,9,17,24,40-43H,8,10-12H2,(H,36,39). The molecule has 1 aliphatic carbocycles. The summed E-state index contributed by atoms with van der Waals surface area (Å²) >= 11 is 0. The molecule has 3 aromatic heterocycles. The molecule has 4 heterocycles. The van der Waals surface area contributed by atoms with E-state index in [1.165, 1.54) is 24.4 Å². The summed E-state index contributed by atoms with van der Waals surface area (Å²) < 4.78 is 79.1. The first-order valence-electron chi connectivity index (χ1n) is 13.8. The monoisotopic (exact) mass is 674 g/mol. The smallest absolute Gasteiger partial charge is 0.368 e. The average molecular weight is 674 g/mol. The van der Waals surface area contributed by atoms with Crippen molar-refractivity contribution in [2.75, 3.05) is 6.61 Å². The van der Waals surface area contributed by atoms with Crippen LogP contribution in [0.5, 0.6) is 5.75 Å². The summed E-state index contributed by atoms with van der Waals surface area (Å²) in [5.41, 5.74) is -5.25. The number of aromatic nitrogens is 3. The molecule has 6 rings (SSSR count). The summed E-state index contributed by atoms with van der Waals surface area (Å²) in [7, 11) is 2.66. The van der Waals surface area contributed by atoms with Gasteiger partial charge in [0.25, 0.3) is 11.8 Å². The van der Waals surface area contributed by atoms with Crippen LogP contribution in [-0.4, -0.2) is 83.0 Å². The predicted molar refractivity (Wildman–Crippen MR) is 154 cm³/mol. The Labute approximate surface area is 266 Å². The van der Waals surface area contributed by atoms with Crippen molar-refractivity contribution >= 4 is 35.5 Å². The van der Waals surface area contributed by atoms with Crippen molar-refractivity contribution in [3.8, 4) is 17.1 Å². The molecule has 12 nitrogen and oxygen atoms in total. The zero-order valence-electron chi connectivity index (χ0n) is 23.9. The third-order valence-corrected chi connectivity index (χ3v) is 8.86. The molecule has 1 fully saturated rings. The number of rotatable bonds is 8. The molecule has 1 aliphatic heterocycles. The highest BCUT2D eigenvalue weighted by atomic mass is 32.2. The molecule has 0 bridgehead atoms. The van der Waals surface area contributed by atoms with Gasteiger partial charge in [-0.1, -0.05) is 0 Å². The molecule has 1 amide bonds. The maximum absolute atomic E-state index is 14.7. The van der Waals surface area contributed by atoms with Crippen LogP contribution in [0.3, 0.4) is 0 Å². The second-order valence-corrected chi connectivity index (χ2v) is 12.5. The first-order chi connectivity index (χ1) is 22.0. The Morgan fingerprint density at radius 3 is 2.53 bits per heavy atom. The predicted octanol–water partition coefficient (Wildman–Crippen LogP) is 1.64. The molecule has 1 aromatic carbocycles. The maximum Gasteiger partial charge on any atom is 0.368 e. The van der Waals surface area contributed by atoms with E-state index in [1.54, 1.807) is 6.07 Å². The number of aliphatic hydroxyl groups is 4.